The van der Waals surface area contributed by atoms with Crippen LogP contribution >= 0.6 is 0 Å². The number of carbonyl (C=O) groups is 1. The summed E-state index contributed by atoms with van der Waals surface area (Å²) in [4.78, 5) is 24.3. The predicted molar refractivity (Wildman–Crippen MR) is 87.0 cm³/mol. The van der Waals surface area contributed by atoms with Gasteiger partial charge in [-0.05, 0) is 44.1 Å². The van der Waals surface area contributed by atoms with Crippen molar-refractivity contribution in [2.75, 3.05) is 0 Å². The van der Waals surface area contributed by atoms with Crippen LogP contribution in [-0.2, 0) is 24.2 Å². The number of halogens is 3. The molecule has 1 aliphatic rings. The minimum Gasteiger partial charge on any atom is -0.352 e. The molecule has 140 valence electrons. The number of amides is 1. The number of nitrogens with zero attached hydrogens (tertiary/aromatic N) is 1. The van der Waals surface area contributed by atoms with Crippen molar-refractivity contribution in [1.82, 2.24) is 15.5 Å². The zero-order chi connectivity index (χ0) is 18.6. The van der Waals surface area contributed by atoms with E-state index >= 15 is 0 Å². The zero-order valence-corrected chi connectivity index (χ0v) is 14.5. The topological polar surface area (TPSA) is 74.8 Å². The number of hydrogen-bond acceptors (Lipinski definition) is 3. The number of aromatic nitrogens is 2. The Morgan fingerprint density at radius 2 is 1.80 bits per heavy atom. The van der Waals surface area contributed by atoms with Gasteiger partial charge in [0.05, 0.1) is 11.6 Å². The summed E-state index contributed by atoms with van der Waals surface area (Å²) in [5.74, 6) is -2.01. The predicted octanol–water partition coefficient (Wildman–Crippen LogP) is 2.88. The van der Waals surface area contributed by atoms with Gasteiger partial charge in [-0.2, -0.15) is 18.3 Å². The van der Waals surface area contributed by atoms with Crippen LogP contribution in [0, 0.1) is 11.8 Å². The van der Waals surface area contributed by atoms with Gasteiger partial charge >= 0.3 is 6.18 Å². The Morgan fingerprint density at radius 3 is 2.32 bits per heavy atom. The summed E-state index contributed by atoms with van der Waals surface area (Å²) in [6.45, 7) is 3.92. The van der Waals surface area contributed by atoms with E-state index in [9.17, 15) is 22.8 Å². The van der Waals surface area contributed by atoms with Crippen LogP contribution in [0.2, 0.25) is 0 Å². The third-order valence-electron chi connectivity index (χ3n) is 4.97. The van der Waals surface area contributed by atoms with E-state index in [1.807, 2.05) is 13.8 Å². The largest absolute Gasteiger partial charge is 0.391 e. The summed E-state index contributed by atoms with van der Waals surface area (Å²) in [6.07, 6.45) is -2.47. The molecule has 0 spiro atoms. The summed E-state index contributed by atoms with van der Waals surface area (Å²) >= 11 is 0. The van der Waals surface area contributed by atoms with Crippen LogP contribution in [-0.4, -0.2) is 22.3 Å². The van der Waals surface area contributed by atoms with Crippen LogP contribution in [0.3, 0.4) is 0 Å². The molecule has 0 unspecified atom stereocenters. The number of carbonyl (C=O) groups excluding carboxylic acids is 1. The van der Waals surface area contributed by atoms with E-state index in [0.29, 0.717) is 18.4 Å². The van der Waals surface area contributed by atoms with Crippen LogP contribution in [0.15, 0.2) is 4.79 Å². The number of rotatable bonds is 5. The molecular formula is C17H24F3N3O2. The maximum absolute atomic E-state index is 12.7. The lowest BCUT2D eigenvalue weighted by Gasteiger charge is -2.29. The van der Waals surface area contributed by atoms with Gasteiger partial charge in [-0.15, -0.1) is 0 Å². The lowest BCUT2D eigenvalue weighted by Crippen LogP contribution is -2.37. The molecule has 0 bridgehead atoms. The normalized spacial score (nSPS) is 21.2. The molecule has 0 atom stereocenters. The fourth-order valence-corrected chi connectivity index (χ4v) is 3.46. The van der Waals surface area contributed by atoms with Gasteiger partial charge < -0.3 is 5.32 Å². The molecule has 0 saturated heterocycles. The van der Waals surface area contributed by atoms with Crippen molar-refractivity contribution in [3.05, 3.63) is 27.2 Å². The smallest absolute Gasteiger partial charge is 0.352 e. The van der Waals surface area contributed by atoms with Crippen molar-refractivity contribution in [3.8, 4) is 0 Å². The molecule has 5 nitrogen and oxygen atoms in total. The first-order valence-corrected chi connectivity index (χ1v) is 8.71. The standard InChI is InChI=1S/C17H24F3N3O2/c1-3-12-13(16(25)23-22-14(12)4-2)9-21-15(24)10-5-7-11(8-6-10)17(18,19)20/h10-11H,3-9H2,1-2H3,(H,21,24)(H,23,25). The average molecular weight is 359 g/mol. The molecule has 1 heterocycles. The molecule has 1 aromatic rings. The summed E-state index contributed by atoms with van der Waals surface area (Å²) in [5, 5.41) is 9.18. The van der Waals surface area contributed by atoms with Gasteiger partial charge in [0, 0.05) is 18.0 Å². The number of alkyl halides is 3. The zero-order valence-electron chi connectivity index (χ0n) is 14.5. The van der Waals surface area contributed by atoms with E-state index < -0.39 is 18.0 Å². The number of hydrogen-bond donors (Lipinski definition) is 2. The minimum atomic E-state index is -4.18. The highest BCUT2D eigenvalue weighted by Crippen LogP contribution is 2.39. The third kappa shape index (κ3) is 4.61. The van der Waals surface area contributed by atoms with Crippen LogP contribution in [0.4, 0.5) is 13.2 Å². The highest BCUT2D eigenvalue weighted by atomic mass is 19.4. The van der Waals surface area contributed by atoms with E-state index in [2.05, 4.69) is 15.5 Å². The van der Waals surface area contributed by atoms with E-state index in [1.165, 1.54) is 0 Å². The van der Waals surface area contributed by atoms with Crippen molar-refractivity contribution in [2.45, 2.75) is 65.1 Å². The third-order valence-corrected chi connectivity index (χ3v) is 4.97. The summed E-state index contributed by atoms with van der Waals surface area (Å²) in [7, 11) is 0. The van der Waals surface area contributed by atoms with Crippen molar-refractivity contribution < 1.29 is 18.0 Å². The first-order chi connectivity index (χ1) is 11.8. The molecule has 1 saturated carbocycles. The second-order valence-electron chi connectivity index (χ2n) is 6.47. The second kappa shape index (κ2) is 8.01. The average Bonchev–Trinajstić information content (AvgIpc) is 2.59. The summed E-state index contributed by atoms with van der Waals surface area (Å²) in [5.41, 5.74) is 1.76. The van der Waals surface area contributed by atoms with Crippen molar-refractivity contribution in [1.29, 1.82) is 0 Å². The molecule has 1 aliphatic carbocycles. The van der Waals surface area contributed by atoms with Gasteiger partial charge in [-0.1, -0.05) is 13.8 Å². The Kier molecular flexibility index (Phi) is 6.24. The maximum Gasteiger partial charge on any atom is 0.391 e. The molecule has 2 N–H and O–H groups in total. The molecular weight excluding hydrogens is 335 g/mol. The Bertz CT molecular complexity index is 662. The molecule has 1 amide bonds. The first kappa shape index (κ1) is 19.5. The van der Waals surface area contributed by atoms with Crippen LogP contribution in [0.25, 0.3) is 0 Å². The number of aryl methyl sites for hydroxylation is 1. The quantitative estimate of drug-likeness (QED) is 0.849. The molecule has 8 heteroatoms. The summed E-state index contributed by atoms with van der Waals surface area (Å²) < 4.78 is 38.1. The number of nitrogens with one attached hydrogen (secondary N) is 2. The van der Waals surface area contributed by atoms with Gasteiger partial charge in [-0.3, -0.25) is 9.59 Å². The van der Waals surface area contributed by atoms with E-state index in [-0.39, 0.29) is 43.7 Å². The first-order valence-electron chi connectivity index (χ1n) is 8.71. The highest BCUT2D eigenvalue weighted by molar-refractivity contribution is 5.78. The molecule has 0 aliphatic heterocycles. The Labute approximate surface area is 144 Å². The van der Waals surface area contributed by atoms with Crippen LogP contribution < -0.4 is 10.9 Å². The Morgan fingerprint density at radius 1 is 1.16 bits per heavy atom. The molecule has 25 heavy (non-hydrogen) atoms. The van der Waals surface area contributed by atoms with Crippen LogP contribution in [0.1, 0.15) is 56.4 Å². The SMILES string of the molecule is CCc1n[nH]c(=O)c(CNC(=O)C2CCC(C(F)(F)F)CC2)c1CC. The fraction of sp³-hybridized carbons (Fsp3) is 0.706. The molecule has 0 aromatic carbocycles. The van der Waals surface area contributed by atoms with Gasteiger partial charge in [0.15, 0.2) is 0 Å². The maximum atomic E-state index is 12.7. The molecule has 0 radical (unpaired) electrons. The second-order valence-corrected chi connectivity index (χ2v) is 6.47. The van der Waals surface area contributed by atoms with Crippen LogP contribution in [0.5, 0.6) is 0 Å². The Hall–Kier alpha value is -1.86. The molecule has 1 fully saturated rings. The van der Waals surface area contributed by atoms with E-state index in [1.54, 1.807) is 0 Å². The van der Waals surface area contributed by atoms with E-state index in [0.717, 1.165) is 11.3 Å². The van der Waals surface area contributed by atoms with Gasteiger partial charge in [0.25, 0.3) is 5.56 Å². The molecule has 1 aromatic heterocycles. The van der Waals surface area contributed by atoms with Crippen molar-refractivity contribution >= 4 is 5.91 Å². The van der Waals surface area contributed by atoms with Gasteiger partial charge in [0.2, 0.25) is 5.91 Å². The Balaban J connectivity index is 1.99. The van der Waals surface area contributed by atoms with Gasteiger partial charge in [-0.25, -0.2) is 5.10 Å². The number of H-pyrrole nitrogens is 1. The van der Waals surface area contributed by atoms with Crippen molar-refractivity contribution in [3.63, 3.8) is 0 Å². The minimum absolute atomic E-state index is 0.0163. The monoisotopic (exact) mass is 359 g/mol. The van der Waals surface area contributed by atoms with Gasteiger partial charge in [0.1, 0.15) is 0 Å². The lowest BCUT2D eigenvalue weighted by atomic mass is 9.81. The molecule has 2 rings (SSSR count). The highest BCUT2D eigenvalue weighted by Gasteiger charge is 2.42. The lowest BCUT2D eigenvalue weighted by molar-refractivity contribution is -0.184. The fourth-order valence-electron chi connectivity index (χ4n) is 3.46. The number of aromatic amines is 1. The summed E-state index contributed by atoms with van der Waals surface area (Å²) in [6, 6.07) is 0. The van der Waals surface area contributed by atoms with E-state index in [4.69, 9.17) is 0 Å². The van der Waals surface area contributed by atoms with Crippen molar-refractivity contribution in [2.24, 2.45) is 11.8 Å².